The van der Waals surface area contributed by atoms with Gasteiger partial charge >= 0.3 is 0 Å². The van der Waals surface area contributed by atoms with Gasteiger partial charge in [0.25, 0.3) is 15.9 Å². The van der Waals surface area contributed by atoms with Gasteiger partial charge in [0.15, 0.2) is 0 Å². The molecule has 0 aromatic heterocycles. The summed E-state index contributed by atoms with van der Waals surface area (Å²) in [6.07, 6.45) is 0.821. The van der Waals surface area contributed by atoms with Crippen LogP contribution in [0.25, 0.3) is 0 Å². The molecule has 0 bridgehead atoms. The second kappa shape index (κ2) is 7.68. The average molecular weight is 367 g/mol. The highest BCUT2D eigenvalue weighted by Crippen LogP contribution is 2.19. The molecule has 0 aliphatic heterocycles. The van der Waals surface area contributed by atoms with Gasteiger partial charge < -0.3 is 5.32 Å². The Morgan fingerprint density at radius 3 is 2.42 bits per heavy atom. The van der Waals surface area contributed by atoms with Gasteiger partial charge in [-0.05, 0) is 55.8 Å². The van der Waals surface area contributed by atoms with Crippen molar-refractivity contribution in [2.45, 2.75) is 31.2 Å². The summed E-state index contributed by atoms with van der Waals surface area (Å²) in [5, 5.41) is 3.27. The van der Waals surface area contributed by atoms with Crippen molar-refractivity contribution in [3.8, 4) is 0 Å². The largest absolute Gasteiger partial charge is 0.350 e. The molecule has 2 N–H and O–H groups in total. The number of benzene rings is 2. The van der Waals surface area contributed by atoms with Crippen LogP contribution in [0.5, 0.6) is 0 Å². The monoisotopic (exact) mass is 366 g/mol. The Balaban J connectivity index is 2.15. The predicted molar refractivity (Wildman–Crippen MR) is 95.9 cm³/mol. The molecule has 1 amide bonds. The second-order valence-corrected chi connectivity index (χ2v) is 7.54. The van der Waals surface area contributed by atoms with Crippen LogP contribution < -0.4 is 10.0 Å². The number of sulfonamides is 1. The minimum absolute atomic E-state index is 0.0606. The lowest BCUT2D eigenvalue weighted by Crippen LogP contribution is -2.31. The van der Waals surface area contributed by atoms with Gasteiger partial charge in [0.05, 0.1) is 10.6 Å². The topological polar surface area (TPSA) is 75.3 Å². The zero-order valence-corrected chi connectivity index (χ0v) is 15.0. The lowest BCUT2D eigenvalue weighted by molar-refractivity contribution is 0.0939. The summed E-state index contributed by atoms with van der Waals surface area (Å²) in [6.45, 7) is 3.88. The van der Waals surface area contributed by atoms with E-state index < -0.39 is 10.0 Å². The standard InChI is InChI=1S/C17H19ClN2O3S/c1-3-12(2)19-17(21)13-7-9-16(10-8-13)24(22,23)20-15-6-4-5-14(18)11-15/h4-12,20H,3H2,1-2H3,(H,19,21). The molecule has 0 spiro atoms. The second-order valence-electron chi connectivity index (χ2n) is 5.42. The summed E-state index contributed by atoms with van der Waals surface area (Å²) in [7, 11) is -3.74. The number of rotatable bonds is 6. The van der Waals surface area contributed by atoms with E-state index in [2.05, 4.69) is 10.0 Å². The molecule has 0 saturated carbocycles. The molecule has 0 saturated heterocycles. The lowest BCUT2D eigenvalue weighted by Gasteiger charge is -2.12. The number of carbonyl (C=O) groups is 1. The molecule has 128 valence electrons. The van der Waals surface area contributed by atoms with Crippen molar-refractivity contribution in [3.05, 3.63) is 59.1 Å². The number of amides is 1. The Kier molecular flexibility index (Phi) is 5.85. The van der Waals surface area contributed by atoms with Crippen molar-refractivity contribution in [1.82, 2.24) is 5.32 Å². The van der Waals surface area contributed by atoms with Crippen LogP contribution >= 0.6 is 11.6 Å². The molecule has 5 nitrogen and oxygen atoms in total. The Labute approximate surface area is 147 Å². The van der Waals surface area contributed by atoms with Crippen molar-refractivity contribution in [1.29, 1.82) is 0 Å². The van der Waals surface area contributed by atoms with E-state index in [1.165, 1.54) is 30.3 Å². The Morgan fingerprint density at radius 1 is 1.17 bits per heavy atom. The van der Waals surface area contributed by atoms with Gasteiger partial charge in [-0.15, -0.1) is 0 Å². The fraction of sp³-hybridized carbons (Fsp3) is 0.235. The lowest BCUT2D eigenvalue weighted by atomic mass is 10.2. The van der Waals surface area contributed by atoms with Crippen molar-refractivity contribution < 1.29 is 13.2 Å². The zero-order chi connectivity index (χ0) is 17.7. The third-order valence-corrected chi connectivity index (χ3v) is 5.13. The van der Waals surface area contributed by atoms with E-state index in [0.29, 0.717) is 16.3 Å². The summed E-state index contributed by atoms with van der Waals surface area (Å²) in [6, 6.07) is 12.3. The summed E-state index contributed by atoms with van der Waals surface area (Å²) < 4.78 is 27.2. The van der Waals surface area contributed by atoms with Crippen LogP contribution in [0.15, 0.2) is 53.4 Å². The summed E-state index contributed by atoms with van der Waals surface area (Å²) >= 11 is 5.85. The van der Waals surface area contributed by atoms with E-state index in [1.54, 1.807) is 18.2 Å². The molecule has 0 aliphatic rings. The molecule has 2 rings (SSSR count). The van der Waals surface area contributed by atoms with Crippen molar-refractivity contribution >= 4 is 33.2 Å². The highest BCUT2D eigenvalue weighted by molar-refractivity contribution is 7.92. The number of carbonyl (C=O) groups excluding carboxylic acids is 1. The molecule has 0 heterocycles. The molecule has 0 fully saturated rings. The highest BCUT2D eigenvalue weighted by Gasteiger charge is 2.16. The number of hydrogen-bond donors (Lipinski definition) is 2. The van der Waals surface area contributed by atoms with Crippen LogP contribution in [0.3, 0.4) is 0 Å². The first-order valence-corrected chi connectivity index (χ1v) is 9.37. The third kappa shape index (κ3) is 4.72. The Bertz CT molecular complexity index is 820. The minimum atomic E-state index is -3.74. The van der Waals surface area contributed by atoms with Crippen LogP contribution in [-0.4, -0.2) is 20.4 Å². The molecule has 24 heavy (non-hydrogen) atoms. The van der Waals surface area contributed by atoms with Gasteiger partial charge in [0, 0.05) is 16.6 Å². The van der Waals surface area contributed by atoms with Crippen molar-refractivity contribution in [2.75, 3.05) is 4.72 Å². The molecule has 1 atom stereocenters. The van der Waals surface area contributed by atoms with Gasteiger partial charge in [0.2, 0.25) is 0 Å². The first-order chi connectivity index (χ1) is 11.3. The average Bonchev–Trinajstić information content (AvgIpc) is 2.54. The normalized spacial score (nSPS) is 12.5. The van der Waals surface area contributed by atoms with Crippen molar-refractivity contribution in [3.63, 3.8) is 0 Å². The van der Waals surface area contributed by atoms with E-state index in [9.17, 15) is 13.2 Å². The first-order valence-electron chi connectivity index (χ1n) is 7.51. The van der Waals surface area contributed by atoms with E-state index >= 15 is 0 Å². The summed E-state index contributed by atoms with van der Waals surface area (Å²) in [5.41, 5.74) is 0.790. The number of anilines is 1. The molecular weight excluding hydrogens is 348 g/mol. The van der Waals surface area contributed by atoms with E-state index in [1.807, 2.05) is 13.8 Å². The van der Waals surface area contributed by atoms with Gasteiger partial charge in [0.1, 0.15) is 0 Å². The molecular formula is C17H19ClN2O3S. The maximum absolute atomic E-state index is 12.4. The fourth-order valence-corrected chi connectivity index (χ4v) is 3.20. The number of nitrogens with one attached hydrogen (secondary N) is 2. The van der Waals surface area contributed by atoms with Gasteiger partial charge in [-0.2, -0.15) is 0 Å². The first kappa shape index (κ1) is 18.3. The Hall–Kier alpha value is -2.05. The van der Waals surface area contributed by atoms with E-state index in [4.69, 9.17) is 11.6 Å². The molecule has 0 aliphatic carbocycles. The predicted octanol–water partition coefficient (Wildman–Crippen LogP) is 3.67. The van der Waals surface area contributed by atoms with E-state index in [-0.39, 0.29) is 16.8 Å². The third-order valence-electron chi connectivity index (χ3n) is 3.49. The summed E-state index contributed by atoms with van der Waals surface area (Å²) in [5.74, 6) is -0.226. The quantitative estimate of drug-likeness (QED) is 0.819. The Morgan fingerprint density at radius 2 is 1.83 bits per heavy atom. The number of halogens is 1. The van der Waals surface area contributed by atoms with Crippen LogP contribution in [-0.2, 0) is 10.0 Å². The smallest absolute Gasteiger partial charge is 0.261 e. The zero-order valence-electron chi connectivity index (χ0n) is 13.4. The highest BCUT2D eigenvalue weighted by atomic mass is 35.5. The summed E-state index contributed by atoms with van der Waals surface area (Å²) in [4.78, 5) is 12.1. The molecule has 7 heteroatoms. The maximum atomic E-state index is 12.4. The van der Waals surface area contributed by atoms with Gasteiger partial charge in [-0.25, -0.2) is 8.42 Å². The minimum Gasteiger partial charge on any atom is -0.350 e. The van der Waals surface area contributed by atoms with Crippen molar-refractivity contribution in [2.24, 2.45) is 0 Å². The molecule has 1 unspecified atom stereocenters. The van der Waals surface area contributed by atoms with Crippen LogP contribution in [0.1, 0.15) is 30.6 Å². The van der Waals surface area contributed by atoms with Crippen LogP contribution in [0.2, 0.25) is 5.02 Å². The van der Waals surface area contributed by atoms with Gasteiger partial charge in [-0.1, -0.05) is 24.6 Å². The van der Waals surface area contributed by atoms with Crippen LogP contribution in [0, 0.1) is 0 Å². The van der Waals surface area contributed by atoms with Crippen LogP contribution in [0.4, 0.5) is 5.69 Å². The molecule has 2 aromatic rings. The fourth-order valence-electron chi connectivity index (χ4n) is 1.96. The number of hydrogen-bond acceptors (Lipinski definition) is 3. The maximum Gasteiger partial charge on any atom is 0.261 e. The SMILES string of the molecule is CCC(C)NC(=O)c1ccc(S(=O)(=O)Nc2cccc(Cl)c2)cc1. The molecule has 2 aromatic carbocycles. The molecule has 0 radical (unpaired) electrons. The van der Waals surface area contributed by atoms with E-state index in [0.717, 1.165) is 6.42 Å². The van der Waals surface area contributed by atoms with Gasteiger partial charge in [-0.3, -0.25) is 9.52 Å².